The highest BCUT2D eigenvalue weighted by atomic mass is 15.2. The van der Waals surface area contributed by atoms with E-state index in [-0.39, 0.29) is 5.54 Å². The van der Waals surface area contributed by atoms with Crippen LogP contribution in [0, 0.1) is 5.41 Å². The fourth-order valence-corrected chi connectivity index (χ4v) is 2.15. The molecule has 0 radical (unpaired) electrons. The molecule has 14 heavy (non-hydrogen) atoms. The molecular weight excluding hydrogens is 170 g/mol. The van der Waals surface area contributed by atoms with E-state index in [1.165, 1.54) is 5.57 Å². The average molecular weight is 195 g/mol. The molecule has 0 saturated carbocycles. The van der Waals surface area contributed by atoms with Crippen LogP contribution in [0.15, 0.2) is 11.6 Å². The predicted molar refractivity (Wildman–Crippen MR) is 63.5 cm³/mol. The average Bonchev–Trinajstić information content (AvgIpc) is 2.27. The van der Waals surface area contributed by atoms with Crippen molar-refractivity contribution in [2.75, 3.05) is 6.54 Å². The van der Waals surface area contributed by atoms with Gasteiger partial charge in [0, 0.05) is 18.1 Å². The van der Waals surface area contributed by atoms with Crippen LogP contribution in [0.2, 0.25) is 0 Å². The number of rotatable bonds is 0. The van der Waals surface area contributed by atoms with E-state index in [1.54, 1.807) is 0 Å². The lowest BCUT2D eigenvalue weighted by Crippen LogP contribution is -2.50. The third-order valence-electron chi connectivity index (χ3n) is 2.95. The van der Waals surface area contributed by atoms with Crippen molar-refractivity contribution in [3.63, 3.8) is 0 Å². The van der Waals surface area contributed by atoms with Gasteiger partial charge in [-0.25, -0.2) is 0 Å². The van der Waals surface area contributed by atoms with Crippen molar-refractivity contribution in [1.82, 2.24) is 4.90 Å². The summed E-state index contributed by atoms with van der Waals surface area (Å²) in [5, 5.41) is 0. The standard InChI is InChI=1S/C13H25N/c1-10-8-11(12(2,3)4)14(9-10)13(5,6)7/h8,11H,9H2,1-7H3. The molecule has 1 aliphatic heterocycles. The van der Waals surface area contributed by atoms with Gasteiger partial charge >= 0.3 is 0 Å². The molecule has 0 spiro atoms. The smallest absolute Gasteiger partial charge is 0.0338 e. The Balaban J connectivity index is 2.91. The molecule has 0 aliphatic carbocycles. The molecular formula is C13H25N. The Morgan fingerprint density at radius 1 is 1.14 bits per heavy atom. The van der Waals surface area contributed by atoms with Crippen LogP contribution in [0.5, 0.6) is 0 Å². The lowest BCUT2D eigenvalue weighted by Gasteiger charge is -2.42. The number of nitrogens with zero attached hydrogens (tertiary/aromatic N) is 1. The molecule has 0 aromatic rings. The fraction of sp³-hybridized carbons (Fsp3) is 0.846. The van der Waals surface area contributed by atoms with Gasteiger partial charge in [0.15, 0.2) is 0 Å². The third kappa shape index (κ3) is 2.38. The summed E-state index contributed by atoms with van der Waals surface area (Å²) in [6, 6.07) is 0.586. The Morgan fingerprint density at radius 3 is 1.93 bits per heavy atom. The molecule has 1 heteroatoms. The highest BCUT2D eigenvalue weighted by molar-refractivity contribution is 5.18. The monoisotopic (exact) mass is 195 g/mol. The van der Waals surface area contributed by atoms with Crippen molar-refractivity contribution in [3.05, 3.63) is 11.6 Å². The molecule has 0 N–H and O–H groups in total. The first-order valence-corrected chi connectivity index (χ1v) is 5.56. The van der Waals surface area contributed by atoms with Crippen LogP contribution >= 0.6 is 0 Å². The van der Waals surface area contributed by atoms with E-state index in [4.69, 9.17) is 0 Å². The van der Waals surface area contributed by atoms with E-state index < -0.39 is 0 Å². The van der Waals surface area contributed by atoms with Crippen LogP contribution in [-0.2, 0) is 0 Å². The van der Waals surface area contributed by atoms with Crippen LogP contribution in [-0.4, -0.2) is 23.0 Å². The summed E-state index contributed by atoms with van der Waals surface area (Å²) in [6.45, 7) is 17.3. The second-order valence-corrected chi connectivity index (χ2v) is 6.62. The molecule has 0 aromatic heterocycles. The number of hydrogen-bond donors (Lipinski definition) is 0. The normalized spacial score (nSPS) is 25.4. The summed E-state index contributed by atoms with van der Waals surface area (Å²) in [7, 11) is 0. The first-order chi connectivity index (χ1) is 6.12. The molecule has 0 fully saturated rings. The molecule has 0 bridgehead atoms. The van der Waals surface area contributed by atoms with E-state index in [2.05, 4.69) is 59.4 Å². The quantitative estimate of drug-likeness (QED) is 0.535. The Morgan fingerprint density at radius 2 is 1.64 bits per heavy atom. The van der Waals surface area contributed by atoms with E-state index in [0.717, 1.165) is 6.54 Å². The van der Waals surface area contributed by atoms with Gasteiger partial charge in [-0.15, -0.1) is 0 Å². The summed E-state index contributed by atoms with van der Waals surface area (Å²) in [5.74, 6) is 0. The molecule has 1 atom stereocenters. The first kappa shape index (κ1) is 11.8. The second-order valence-electron chi connectivity index (χ2n) is 6.62. The first-order valence-electron chi connectivity index (χ1n) is 5.56. The summed E-state index contributed by atoms with van der Waals surface area (Å²) in [4.78, 5) is 2.60. The van der Waals surface area contributed by atoms with Crippen molar-refractivity contribution >= 4 is 0 Å². The summed E-state index contributed by atoms with van der Waals surface area (Å²) in [6.07, 6.45) is 2.44. The van der Waals surface area contributed by atoms with Crippen molar-refractivity contribution in [3.8, 4) is 0 Å². The van der Waals surface area contributed by atoms with Crippen LogP contribution in [0.4, 0.5) is 0 Å². The van der Waals surface area contributed by atoms with E-state index >= 15 is 0 Å². The summed E-state index contributed by atoms with van der Waals surface area (Å²) in [5.41, 5.74) is 2.12. The van der Waals surface area contributed by atoms with Gasteiger partial charge < -0.3 is 0 Å². The zero-order valence-corrected chi connectivity index (χ0v) is 10.8. The Kier molecular flexibility index (Phi) is 2.84. The lowest BCUT2D eigenvalue weighted by molar-refractivity contribution is 0.0716. The zero-order chi connectivity index (χ0) is 11.1. The highest BCUT2D eigenvalue weighted by Gasteiger charge is 2.38. The predicted octanol–water partition coefficient (Wildman–Crippen LogP) is 3.46. The summed E-state index contributed by atoms with van der Waals surface area (Å²) < 4.78 is 0. The zero-order valence-electron chi connectivity index (χ0n) is 10.8. The maximum absolute atomic E-state index is 2.60. The highest BCUT2D eigenvalue weighted by Crippen LogP contribution is 2.35. The second kappa shape index (κ2) is 3.37. The molecule has 1 rings (SSSR count). The van der Waals surface area contributed by atoms with Gasteiger partial charge in [-0.1, -0.05) is 32.4 Å². The summed E-state index contributed by atoms with van der Waals surface area (Å²) >= 11 is 0. The van der Waals surface area contributed by atoms with E-state index in [9.17, 15) is 0 Å². The van der Waals surface area contributed by atoms with E-state index in [0.29, 0.717) is 11.5 Å². The minimum absolute atomic E-state index is 0.270. The molecule has 0 aromatic carbocycles. The molecule has 1 nitrogen and oxygen atoms in total. The maximum Gasteiger partial charge on any atom is 0.0338 e. The largest absolute Gasteiger partial charge is 0.288 e. The number of hydrogen-bond acceptors (Lipinski definition) is 1. The minimum Gasteiger partial charge on any atom is -0.288 e. The van der Waals surface area contributed by atoms with Crippen molar-refractivity contribution in [2.45, 2.75) is 60.0 Å². The Labute approximate surface area is 89.2 Å². The van der Waals surface area contributed by atoms with Gasteiger partial charge in [-0.05, 0) is 33.1 Å². The third-order valence-corrected chi connectivity index (χ3v) is 2.95. The van der Waals surface area contributed by atoms with Crippen LogP contribution in [0.1, 0.15) is 48.5 Å². The lowest BCUT2D eigenvalue weighted by atomic mass is 9.84. The van der Waals surface area contributed by atoms with E-state index in [1.807, 2.05) is 0 Å². The molecule has 1 aliphatic rings. The van der Waals surface area contributed by atoms with Gasteiger partial charge in [0.25, 0.3) is 0 Å². The topological polar surface area (TPSA) is 3.24 Å². The van der Waals surface area contributed by atoms with Crippen LogP contribution < -0.4 is 0 Å². The SMILES string of the molecule is CC1=CC(C(C)(C)C)N(C(C)(C)C)C1. The minimum atomic E-state index is 0.270. The van der Waals surface area contributed by atoms with Crippen LogP contribution in [0.25, 0.3) is 0 Å². The fourth-order valence-electron chi connectivity index (χ4n) is 2.15. The van der Waals surface area contributed by atoms with Gasteiger partial charge in [0.05, 0.1) is 0 Å². The molecule has 1 unspecified atom stereocenters. The molecule has 0 saturated heterocycles. The maximum atomic E-state index is 2.60. The van der Waals surface area contributed by atoms with Crippen molar-refractivity contribution in [2.24, 2.45) is 5.41 Å². The molecule has 82 valence electrons. The van der Waals surface area contributed by atoms with Crippen molar-refractivity contribution < 1.29 is 0 Å². The van der Waals surface area contributed by atoms with Gasteiger partial charge in [-0.3, -0.25) is 4.90 Å². The van der Waals surface area contributed by atoms with Crippen LogP contribution in [0.3, 0.4) is 0 Å². The Bertz CT molecular complexity index is 237. The van der Waals surface area contributed by atoms with Crippen molar-refractivity contribution in [1.29, 1.82) is 0 Å². The molecule has 0 amide bonds. The van der Waals surface area contributed by atoms with Gasteiger partial charge in [0.2, 0.25) is 0 Å². The van der Waals surface area contributed by atoms with Gasteiger partial charge in [-0.2, -0.15) is 0 Å². The molecule has 1 heterocycles. The van der Waals surface area contributed by atoms with Gasteiger partial charge in [0.1, 0.15) is 0 Å². The Hall–Kier alpha value is -0.300.